The molecule has 0 amide bonds. The van der Waals surface area contributed by atoms with E-state index in [9.17, 15) is 23.7 Å². The molecule has 0 unspecified atom stereocenters. The van der Waals surface area contributed by atoms with Crippen molar-refractivity contribution < 1.29 is 23.2 Å². The molecule has 1 aromatic heterocycles. The highest BCUT2D eigenvalue weighted by Crippen LogP contribution is 2.29. The molecule has 0 atom stereocenters. The van der Waals surface area contributed by atoms with Gasteiger partial charge in [0.05, 0.1) is 17.1 Å². The molecular weight excluding hydrogens is 264 g/mol. The largest absolute Gasteiger partial charge is 0.461 e. The molecule has 19 heavy (non-hydrogen) atoms. The number of nitro groups is 1. The van der Waals surface area contributed by atoms with Crippen LogP contribution in [0, 0.1) is 21.4 Å². The van der Waals surface area contributed by atoms with Gasteiger partial charge in [0.1, 0.15) is 6.07 Å². The van der Waals surface area contributed by atoms with Crippen molar-refractivity contribution in [1.29, 1.82) is 5.26 Å². The van der Waals surface area contributed by atoms with Crippen molar-refractivity contribution in [3.8, 4) is 6.07 Å². The maximum atomic E-state index is 12.7. The normalized spacial score (nSPS) is 10.1. The van der Waals surface area contributed by atoms with E-state index < -0.39 is 40.0 Å². The summed E-state index contributed by atoms with van der Waals surface area (Å²) in [5.74, 6) is -1.09. The van der Waals surface area contributed by atoms with Crippen molar-refractivity contribution in [2.24, 2.45) is 0 Å². The van der Waals surface area contributed by atoms with Crippen LogP contribution in [0.4, 0.5) is 14.5 Å². The van der Waals surface area contributed by atoms with E-state index >= 15 is 0 Å². The number of carbonyl (C=O) groups is 1. The maximum absolute atomic E-state index is 12.7. The Morgan fingerprint density at radius 1 is 1.68 bits per heavy atom. The van der Waals surface area contributed by atoms with Gasteiger partial charge in [-0.2, -0.15) is 5.26 Å². The van der Waals surface area contributed by atoms with Crippen LogP contribution in [0.3, 0.4) is 0 Å². The lowest BCUT2D eigenvalue weighted by Crippen LogP contribution is -2.13. The molecule has 0 bridgehead atoms. The van der Waals surface area contributed by atoms with Gasteiger partial charge in [-0.25, -0.2) is 18.6 Å². The third kappa shape index (κ3) is 2.98. The van der Waals surface area contributed by atoms with Crippen LogP contribution in [0.15, 0.2) is 6.07 Å². The first-order valence-electron chi connectivity index (χ1n) is 4.97. The number of rotatable bonds is 4. The third-order valence-electron chi connectivity index (χ3n) is 2.02. The summed E-state index contributed by atoms with van der Waals surface area (Å²) in [6.45, 7) is 1.43. The first kappa shape index (κ1) is 14.4. The molecular formula is C10H7F2N3O4. The summed E-state index contributed by atoms with van der Waals surface area (Å²) in [6.07, 6.45) is -3.25. The van der Waals surface area contributed by atoms with Gasteiger partial charge in [0, 0.05) is 6.07 Å². The van der Waals surface area contributed by atoms with Crippen LogP contribution < -0.4 is 0 Å². The molecule has 0 saturated carbocycles. The van der Waals surface area contributed by atoms with E-state index in [0.29, 0.717) is 6.07 Å². The highest BCUT2D eigenvalue weighted by Gasteiger charge is 2.29. The number of aromatic nitrogens is 1. The van der Waals surface area contributed by atoms with E-state index in [-0.39, 0.29) is 6.61 Å². The molecule has 1 rings (SSSR count). The Hall–Kier alpha value is -2.63. The monoisotopic (exact) mass is 271 g/mol. The van der Waals surface area contributed by atoms with Crippen LogP contribution in [-0.4, -0.2) is 22.5 Å². The van der Waals surface area contributed by atoms with Gasteiger partial charge in [-0.15, -0.1) is 0 Å². The SMILES string of the molecule is CCOC(=O)c1nc(C(F)F)c([N+](=O)[O-])cc1C#N. The highest BCUT2D eigenvalue weighted by molar-refractivity contribution is 5.90. The predicted molar refractivity (Wildman–Crippen MR) is 56.5 cm³/mol. The number of nitriles is 1. The topological polar surface area (TPSA) is 106 Å². The van der Waals surface area contributed by atoms with Gasteiger partial charge in [-0.3, -0.25) is 10.1 Å². The molecule has 0 aliphatic rings. The van der Waals surface area contributed by atoms with E-state index in [1.807, 2.05) is 0 Å². The second-order valence-electron chi connectivity index (χ2n) is 3.18. The lowest BCUT2D eigenvalue weighted by atomic mass is 10.1. The van der Waals surface area contributed by atoms with Gasteiger partial charge in [0.25, 0.3) is 12.1 Å². The van der Waals surface area contributed by atoms with Crippen molar-refractivity contribution in [2.45, 2.75) is 13.3 Å². The third-order valence-corrected chi connectivity index (χ3v) is 2.02. The molecule has 0 spiro atoms. The molecule has 0 saturated heterocycles. The van der Waals surface area contributed by atoms with Crippen molar-refractivity contribution in [3.05, 3.63) is 33.1 Å². The minimum Gasteiger partial charge on any atom is -0.461 e. The lowest BCUT2D eigenvalue weighted by Gasteiger charge is -2.06. The standard InChI is InChI=1S/C10H7F2N3O4/c1-2-19-10(16)7-5(4-13)3-6(15(17)18)8(14-7)9(11)12/h3,9H,2H2,1H3. The molecule has 1 heterocycles. The van der Waals surface area contributed by atoms with E-state index in [4.69, 9.17) is 5.26 Å². The zero-order valence-electron chi connectivity index (χ0n) is 9.59. The Balaban J connectivity index is 3.49. The highest BCUT2D eigenvalue weighted by atomic mass is 19.3. The second-order valence-corrected chi connectivity index (χ2v) is 3.18. The van der Waals surface area contributed by atoms with Gasteiger partial charge in [0.15, 0.2) is 11.4 Å². The molecule has 0 radical (unpaired) electrons. The molecule has 0 N–H and O–H groups in total. The molecule has 0 fully saturated rings. The van der Waals surface area contributed by atoms with E-state index in [1.54, 1.807) is 0 Å². The van der Waals surface area contributed by atoms with Crippen molar-refractivity contribution in [1.82, 2.24) is 4.98 Å². The fourth-order valence-electron chi connectivity index (χ4n) is 1.26. The predicted octanol–water partition coefficient (Wildman–Crippen LogP) is 1.98. The van der Waals surface area contributed by atoms with Crippen LogP contribution in [0.25, 0.3) is 0 Å². The fourth-order valence-corrected chi connectivity index (χ4v) is 1.26. The molecule has 1 aromatic rings. The average Bonchev–Trinajstić information content (AvgIpc) is 2.37. The van der Waals surface area contributed by atoms with Crippen LogP contribution in [0.1, 0.15) is 35.1 Å². The van der Waals surface area contributed by atoms with Crippen LogP contribution in [0.2, 0.25) is 0 Å². The van der Waals surface area contributed by atoms with E-state index in [1.165, 1.54) is 13.0 Å². The Labute approximate surface area is 105 Å². The lowest BCUT2D eigenvalue weighted by molar-refractivity contribution is -0.386. The summed E-state index contributed by atoms with van der Waals surface area (Å²) in [5, 5.41) is 19.4. The molecule has 0 aliphatic heterocycles. The Morgan fingerprint density at radius 2 is 2.32 bits per heavy atom. The van der Waals surface area contributed by atoms with Gasteiger partial charge >= 0.3 is 5.97 Å². The van der Waals surface area contributed by atoms with Crippen molar-refractivity contribution in [3.63, 3.8) is 0 Å². The second kappa shape index (κ2) is 5.81. The number of carbonyl (C=O) groups excluding carboxylic acids is 1. The van der Waals surface area contributed by atoms with Crippen molar-refractivity contribution >= 4 is 11.7 Å². The summed E-state index contributed by atoms with van der Waals surface area (Å²) >= 11 is 0. The minimum absolute atomic E-state index is 0.0492. The number of alkyl halides is 2. The molecule has 9 heteroatoms. The maximum Gasteiger partial charge on any atom is 0.358 e. The van der Waals surface area contributed by atoms with Crippen LogP contribution in [-0.2, 0) is 4.74 Å². The molecule has 0 aromatic carbocycles. The van der Waals surface area contributed by atoms with E-state index in [2.05, 4.69) is 9.72 Å². The van der Waals surface area contributed by atoms with Gasteiger partial charge in [-0.05, 0) is 6.92 Å². The number of esters is 1. The summed E-state index contributed by atoms with van der Waals surface area (Å²) in [7, 11) is 0. The van der Waals surface area contributed by atoms with Crippen molar-refractivity contribution in [2.75, 3.05) is 6.61 Å². The number of ether oxygens (including phenoxy) is 1. The van der Waals surface area contributed by atoms with Crippen LogP contribution in [0.5, 0.6) is 0 Å². The number of hydrogen-bond acceptors (Lipinski definition) is 6. The van der Waals surface area contributed by atoms with E-state index in [0.717, 1.165) is 0 Å². The smallest absolute Gasteiger partial charge is 0.358 e. The molecule has 100 valence electrons. The zero-order chi connectivity index (χ0) is 14.6. The van der Waals surface area contributed by atoms with Crippen LogP contribution >= 0.6 is 0 Å². The first-order valence-corrected chi connectivity index (χ1v) is 4.97. The molecule has 7 nitrogen and oxygen atoms in total. The quantitative estimate of drug-likeness (QED) is 0.470. The number of nitrogens with zero attached hydrogens (tertiary/aromatic N) is 3. The Bertz CT molecular complexity index is 569. The summed E-state index contributed by atoms with van der Waals surface area (Å²) < 4.78 is 29.8. The molecule has 0 aliphatic carbocycles. The Morgan fingerprint density at radius 3 is 2.74 bits per heavy atom. The summed E-state index contributed by atoms with van der Waals surface area (Å²) in [5.41, 5.74) is -3.34. The van der Waals surface area contributed by atoms with Gasteiger partial charge in [0.2, 0.25) is 0 Å². The number of halogens is 2. The fraction of sp³-hybridized carbons (Fsp3) is 0.300. The first-order chi connectivity index (χ1) is 8.92. The minimum atomic E-state index is -3.25. The summed E-state index contributed by atoms with van der Waals surface area (Å²) in [4.78, 5) is 24.1. The average molecular weight is 271 g/mol. The number of hydrogen-bond donors (Lipinski definition) is 0. The van der Waals surface area contributed by atoms with Gasteiger partial charge < -0.3 is 4.74 Å². The number of pyridine rings is 1. The van der Waals surface area contributed by atoms with Gasteiger partial charge in [-0.1, -0.05) is 0 Å². The Kier molecular flexibility index (Phi) is 4.41. The summed E-state index contributed by atoms with van der Waals surface area (Å²) in [6, 6.07) is 2.07. The zero-order valence-corrected chi connectivity index (χ0v) is 9.59.